The molecule has 0 aromatic heterocycles. The van der Waals surface area contributed by atoms with Crippen LogP contribution in [-0.2, 0) is 6.54 Å². The van der Waals surface area contributed by atoms with Gasteiger partial charge in [-0.1, -0.05) is 23.7 Å². The Morgan fingerprint density at radius 2 is 2.00 bits per heavy atom. The number of anilines is 1. The summed E-state index contributed by atoms with van der Waals surface area (Å²) < 4.78 is 10.5. The van der Waals surface area contributed by atoms with Crippen LogP contribution in [0.5, 0.6) is 17.2 Å². The van der Waals surface area contributed by atoms with Gasteiger partial charge in [0.1, 0.15) is 5.75 Å². The van der Waals surface area contributed by atoms with Gasteiger partial charge in [-0.3, -0.25) is 0 Å². The molecule has 2 aromatic rings. The van der Waals surface area contributed by atoms with Crippen molar-refractivity contribution in [3.8, 4) is 17.2 Å². The molecule has 0 unspecified atom stereocenters. The van der Waals surface area contributed by atoms with Gasteiger partial charge in [0.15, 0.2) is 11.5 Å². The Balaban J connectivity index is 1.74. The van der Waals surface area contributed by atoms with Crippen molar-refractivity contribution in [2.45, 2.75) is 6.54 Å². The second-order valence-electron chi connectivity index (χ2n) is 4.17. The molecule has 0 spiro atoms. The first-order valence-electron chi connectivity index (χ1n) is 5.84. The minimum Gasteiger partial charge on any atom is -0.506 e. The summed E-state index contributed by atoms with van der Waals surface area (Å²) in [6.07, 6.45) is 0. The van der Waals surface area contributed by atoms with E-state index in [0.717, 1.165) is 22.7 Å². The van der Waals surface area contributed by atoms with Gasteiger partial charge >= 0.3 is 0 Å². The number of nitrogens with one attached hydrogen (secondary N) is 1. The van der Waals surface area contributed by atoms with Crippen molar-refractivity contribution >= 4 is 17.3 Å². The molecule has 1 heterocycles. The average molecular weight is 278 g/mol. The lowest BCUT2D eigenvalue weighted by Crippen LogP contribution is -1.99. The van der Waals surface area contributed by atoms with Gasteiger partial charge in [0, 0.05) is 23.9 Å². The van der Waals surface area contributed by atoms with Gasteiger partial charge in [0.05, 0.1) is 5.02 Å². The third-order valence-corrected chi connectivity index (χ3v) is 3.23. The lowest BCUT2D eigenvalue weighted by molar-refractivity contribution is 0.174. The van der Waals surface area contributed by atoms with Crippen molar-refractivity contribution < 1.29 is 14.6 Å². The molecule has 98 valence electrons. The Kier molecular flexibility index (Phi) is 3.09. The fraction of sp³-hybridized carbons (Fsp3) is 0.143. The molecule has 0 aliphatic carbocycles. The van der Waals surface area contributed by atoms with Gasteiger partial charge in [0.2, 0.25) is 6.79 Å². The first-order chi connectivity index (χ1) is 9.24. The standard InChI is InChI=1S/C14H12ClNO3/c15-11-3-1-2-9(14(11)17)7-16-10-4-5-12-13(6-10)19-8-18-12/h1-6,16-17H,7-8H2. The normalized spacial score (nSPS) is 12.5. The number of fused-ring (bicyclic) bond motifs is 1. The van der Waals surface area contributed by atoms with Crippen molar-refractivity contribution in [2.24, 2.45) is 0 Å². The summed E-state index contributed by atoms with van der Waals surface area (Å²) in [5, 5.41) is 13.4. The third-order valence-electron chi connectivity index (χ3n) is 2.93. The number of benzene rings is 2. The molecule has 0 atom stereocenters. The molecule has 5 heteroatoms. The molecule has 0 saturated carbocycles. The largest absolute Gasteiger partial charge is 0.506 e. The molecule has 2 aromatic carbocycles. The first-order valence-corrected chi connectivity index (χ1v) is 6.22. The van der Waals surface area contributed by atoms with Crippen LogP contribution in [0.1, 0.15) is 5.56 Å². The Bertz CT molecular complexity index is 616. The Labute approximate surface area is 115 Å². The smallest absolute Gasteiger partial charge is 0.231 e. The number of rotatable bonds is 3. The number of hydrogen-bond donors (Lipinski definition) is 2. The molecule has 0 bridgehead atoms. The number of halogens is 1. The van der Waals surface area contributed by atoms with E-state index in [0.29, 0.717) is 11.6 Å². The number of ether oxygens (including phenoxy) is 2. The fourth-order valence-electron chi connectivity index (χ4n) is 1.91. The summed E-state index contributed by atoms with van der Waals surface area (Å²) in [6, 6.07) is 10.9. The SMILES string of the molecule is Oc1c(Cl)cccc1CNc1ccc2c(c1)OCO2. The van der Waals surface area contributed by atoms with Gasteiger partial charge in [-0.15, -0.1) is 0 Å². The van der Waals surface area contributed by atoms with E-state index in [9.17, 15) is 5.11 Å². The van der Waals surface area contributed by atoms with Crippen LogP contribution in [0.15, 0.2) is 36.4 Å². The van der Waals surface area contributed by atoms with Crippen LogP contribution in [-0.4, -0.2) is 11.9 Å². The minimum atomic E-state index is 0.109. The molecule has 0 radical (unpaired) electrons. The van der Waals surface area contributed by atoms with E-state index in [4.69, 9.17) is 21.1 Å². The highest BCUT2D eigenvalue weighted by molar-refractivity contribution is 6.32. The van der Waals surface area contributed by atoms with E-state index in [2.05, 4.69) is 5.32 Å². The summed E-state index contributed by atoms with van der Waals surface area (Å²) in [5.41, 5.74) is 1.63. The number of hydrogen-bond acceptors (Lipinski definition) is 4. The Morgan fingerprint density at radius 3 is 2.89 bits per heavy atom. The van der Waals surface area contributed by atoms with E-state index in [1.165, 1.54) is 0 Å². The number of phenolic OH excluding ortho intramolecular Hbond substituents is 1. The zero-order valence-corrected chi connectivity index (χ0v) is 10.8. The van der Waals surface area contributed by atoms with Crippen molar-refractivity contribution in [3.05, 3.63) is 47.0 Å². The van der Waals surface area contributed by atoms with Crippen LogP contribution in [0.4, 0.5) is 5.69 Å². The predicted molar refractivity (Wildman–Crippen MR) is 73.0 cm³/mol. The molecule has 3 rings (SSSR count). The summed E-state index contributed by atoms with van der Waals surface area (Å²) in [7, 11) is 0. The molecule has 0 fully saturated rings. The van der Waals surface area contributed by atoms with E-state index in [-0.39, 0.29) is 12.5 Å². The highest BCUT2D eigenvalue weighted by Crippen LogP contribution is 2.34. The lowest BCUT2D eigenvalue weighted by Gasteiger charge is -2.09. The van der Waals surface area contributed by atoms with Crippen LogP contribution in [0.3, 0.4) is 0 Å². The lowest BCUT2D eigenvalue weighted by atomic mass is 10.2. The minimum absolute atomic E-state index is 0.109. The topological polar surface area (TPSA) is 50.7 Å². The van der Waals surface area contributed by atoms with Crippen LogP contribution in [0.2, 0.25) is 5.02 Å². The van der Waals surface area contributed by atoms with Gasteiger partial charge in [-0.05, 0) is 18.2 Å². The summed E-state index contributed by atoms with van der Waals surface area (Å²) >= 11 is 5.86. The average Bonchev–Trinajstić information content (AvgIpc) is 2.88. The van der Waals surface area contributed by atoms with Crippen molar-refractivity contribution in [3.63, 3.8) is 0 Å². The molecular weight excluding hydrogens is 266 g/mol. The molecule has 0 saturated heterocycles. The molecule has 1 aliphatic heterocycles. The molecule has 2 N–H and O–H groups in total. The van der Waals surface area contributed by atoms with E-state index in [1.54, 1.807) is 12.1 Å². The number of phenols is 1. The summed E-state index contributed by atoms with van der Waals surface area (Å²) in [5.74, 6) is 1.58. The zero-order chi connectivity index (χ0) is 13.2. The Hall–Kier alpha value is -2.07. The van der Waals surface area contributed by atoms with E-state index in [1.807, 2.05) is 24.3 Å². The van der Waals surface area contributed by atoms with Crippen molar-refractivity contribution in [1.82, 2.24) is 0 Å². The van der Waals surface area contributed by atoms with Gasteiger partial charge in [-0.2, -0.15) is 0 Å². The quantitative estimate of drug-likeness (QED) is 0.903. The highest BCUT2D eigenvalue weighted by atomic mass is 35.5. The third kappa shape index (κ3) is 2.39. The highest BCUT2D eigenvalue weighted by Gasteiger charge is 2.13. The van der Waals surface area contributed by atoms with Gasteiger partial charge < -0.3 is 19.9 Å². The maximum atomic E-state index is 9.81. The fourth-order valence-corrected chi connectivity index (χ4v) is 2.10. The molecule has 0 amide bonds. The van der Waals surface area contributed by atoms with Gasteiger partial charge in [0.25, 0.3) is 0 Å². The van der Waals surface area contributed by atoms with Crippen LogP contribution in [0, 0.1) is 0 Å². The maximum absolute atomic E-state index is 9.81. The maximum Gasteiger partial charge on any atom is 0.231 e. The number of aromatic hydroxyl groups is 1. The zero-order valence-electron chi connectivity index (χ0n) is 10.0. The monoisotopic (exact) mass is 277 g/mol. The molecule has 4 nitrogen and oxygen atoms in total. The van der Waals surface area contributed by atoms with Crippen LogP contribution < -0.4 is 14.8 Å². The Morgan fingerprint density at radius 1 is 1.16 bits per heavy atom. The van der Waals surface area contributed by atoms with E-state index < -0.39 is 0 Å². The second-order valence-corrected chi connectivity index (χ2v) is 4.58. The van der Waals surface area contributed by atoms with Crippen LogP contribution in [0.25, 0.3) is 0 Å². The predicted octanol–water partition coefficient (Wildman–Crippen LogP) is 3.39. The van der Waals surface area contributed by atoms with Crippen LogP contribution >= 0.6 is 11.6 Å². The van der Waals surface area contributed by atoms with Crippen molar-refractivity contribution in [1.29, 1.82) is 0 Å². The van der Waals surface area contributed by atoms with Crippen molar-refractivity contribution in [2.75, 3.05) is 12.1 Å². The van der Waals surface area contributed by atoms with E-state index >= 15 is 0 Å². The molecular formula is C14H12ClNO3. The van der Waals surface area contributed by atoms with Gasteiger partial charge in [-0.25, -0.2) is 0 Å². The second kappa shape index (κ2) is 4.90. The first kappa shape index (κ1) is 12.0. The molecule has 1 aliphatic rings. The number of para-hydroxylation sites is 1. The summed E-state index contributed by atoms with van der Waals surface area (Å²) in [4.78, 5) is 0. The molecule has 19 heavy (non-hydrogen) atoms. The summed E-state index contributed by atoms with van der Waals surface area (Å²) in [6.45, 7) is 0.736.